The van der Waals surface area contributed by atoms with E-state index in [2.05, 4.69) is 0 Å². The zero-order valence-electron chi connectivity index (χ0n) is 10.8. The molecule has 3 rings (SSSR count). The summed E-state index contributed by atoms with van der Waals surface area (Å²) >= 11 is 0. The Balaban J connectivity index is 1.92. The van der Waals surface area contributed by atoms with Crippen LogP contribution in [0.3, 0.4) is 0 Å². The van der Waals surface area contributed by atoms with Crippen molar-refractivity contribution in [2.24, 2.45) is 11.1 Å². The first-order valence-corrected chi connectivity index (χ1v) is 6.39. The van der Waals surface area contributed by atoms with Gasteiger partial charge in [0.15, 0.2) is 17.3 Å². The van der Waals surface area contributed by atoms with Gasteiger partial charge in [-0.2, -0.15) is 0 Å². The maximum absolute atomic E-state index is 12.6. The molecule has 0 amide bonds. The Labute approximate surface area is 111 Å². The van der Waals surface area contributed by atoms with Crippen LogP contribution in [0, 0.1) is 5.41 Å². The summed E-state index contributed by atoms with van der Waals surface area (Å²) in [7, 11) is 0. The Morgan fingerprint density at radius 1 is 1.32 bits per heavy atom. The molecule has 0 radical (unpaired) electrons. The normalized spacial score (nSPS) is 29.3. The number of carbonyl (C=O) groups excluding carboxylic acids is 1. The molecule has 2 aliphatic heterocycles. The summed E-state index contributed by atoms with van der Waals surface area (Å²) in [4.78, 5) is 12.6. The second-order valence-electron chi connectivity index (χ2n) is 5.23. The van der Waals surface area contributed by atoms with Gasteiger partial charge >= 0.3 is 0 Å². The van der Waals surface area contributed by atoms with E-state index in [0.717, 1.165) is 0 Å². The van der Waals surface area contributed by atoms with E-state index in [0.29, 0.717) is 43.5 Å². The van der Waals surface area contributed by atoms with Gasteiger partial charge in [0.05, 0.1) is 18.6 Å². The number of fused-ring (bicyclic) bond motifs is 1. The van der Waals surface area contributed by atoms with Crippen molar-refractivity contribution in [3.63, 3.8) is 0 Å². The van der Waals surface area contributed by atoms with Crippen molar-refractivity contribution in [3.05, 3.63) is 23.8 Å². The molecule has 2 unspecified atom stereocenters. The van der Waals surface area contributed by atoms with Gasteiger partial charge in [0.1, 0.15) is 13.2 Å². The quantitative estimate of drug-likeness (QED) is 0.806. The SMILES string of the molecule is CC1(C(=O)c2ccc3c(c2)OCCO3)COCC1N. The molecule has 0 saturated carbocycles. The standard InChI is InChI=1S/C14H17NO4/c1-14(8-17-7-12(14)15)13(16)9-2-3-10-11(6-9)19-5-4-18-10/h2-3,6,12H,4-5,7-8,15H2,1H3. The Bertz CT molecular complexity index is 516. The van der Waals surface area contributed by atoms with Gasteiger partial charge in [-0.05, 0) is 25.1 Å². The highest BCUT2D eigenvalue weighted by Gasteiger charge is 2.44. The first-order valence-electron chi connectivity index (χ1n) is 6.39. The predicted octanol–water partition coefficient (Wildman–Crippen LogP) is 1.00. The fraction of sp³-hybridized carbons (Fsp3) is 0.500. The smallest absolute Gasteiger partial charge is 0.172 e. The summed E-state index contributed by atoms with van der Waals surface area (Å²) in [6, 6.07) is 4.99. The third kappa shape index (κ3) is 1.99. The number of rotatable bonds is 2. The molecule has 102 valence electrons. The molecule has 2 atom stereocenters. The summed E-state index contributed by atoms with van der Waals surface area (Å²) in [6.07, 6.45) is 0. The van der Waals surface area contributed by atoms with Gasteiger partial charge in [-0.25, -0.2) is 0 Å². The van der Waals surface area contributed by atoms with E-state index < -0.39 is 5.41 Å². The van der Waals surface area contributed by atoms with E-state index in [9.17, 15) is 4.79 Å². The summed E-state index contributed by atoms with van der Waals surface area (Å²) in [5, 5.41) is 0. The highest BCUT2D eigenvalue weighted by Crippen LogP contribution is 2.35. The van der Waals surface area contributed by atoms with Crippen LogP contribution >= 0.6 is 0 Å². The highest BCUT2D eigenvalue weighted by molar-refractivity contribution is 6.01. The minimum Gasteiger partial charge on any atom is -0.486 e. The lowest BCUT2D eigenvalue weighted by molar-refractivity contribution is 0.0766. The molecule has 2 aliphatic rings. The molecule has 1 aromatic rings. The first-order chi connectivity index (χ1) is 9.11. The average molecular weight is 263 g/mol. The van der Waals surface area contributed by atoms with Gasteiger partial charge in [0.25, 0.3) is 0 Å². The van der Waals surface area contributed by atoms with Gasteiger partial charge in [0.2, 0.25) is 0 Å². The molecule has 5 nitrogen and oxygen atoms in total. The minimum absolute atomic E-state index is 0.00512. The monoisotopic (exact) mass is 263 g/mol. The number of ether oxygens (including phenoxy) is 3. The minimum atomic E-state index is -0.663. The van der Waals surface area contributed by atoms with Crippen LogP contribution in [-0.4, -0.2) is 38.3 Å². The topological polar surface area (TPSA) is 70.8 Å². The molecule has 0 aromatic heterocycles. The van der Waals surface area contributed by atoms with E-state index in [1.807, 2.05) is 6.92 Å². The fourth-order valence-electron chi connectivity index (χ4n) is 2.44. The van der Waals surface area contributed by atoms with E-state index in [-0.39, 0.29) is 11.8 Å². The fourth-order valence-corrected chi connectivity index (χ4v) is 2.44. The van der Waals surface area contributed by atoms with Gasteiger partial charge in [0, 0.05) is 11.6 Å². The van der Waals surface area contributed by atoms with Crippen LogP contribution in [0.2, 0.25) is 0 Å². The van der Waals surface area contributed by atoms with Crippen molar-refractivity contribution < 1.29 is 19.0 Å². The number of hydrogen-bond donors (Lipinski definition) is 1. The molecular formula is C14H17NO4. The summed E-state index contributed by atoms with van der Waals surface area (Å²) in [6.45, 7) is 3.68. The molecule has 19 heavy (non-hydrogen) atoms. The Kier molecular flexibility index (Phi) is 2.95. The van der Waals surface area contributed by atoms with E-state index in [4.69, 9.17) is 19.9 Å². The van der Waals surface area contributed by atoms with Gasteiger partial charge in [-0.1, -0.05) is 0 Å². The van der Waals surface area contributed by atoms with Gasteiger partial charge in [-0.15, -0.1) is 0 Å². The maximum atomic E-state index is 12.6. The maximum Gasteiger partial charge on any atom is 0.172 e. The van der Waals surface area contributed by atoms with Crippen LogP contribution < -0.4 is 15.2 Å². The Morgan fingerprint density at radius 3 is 2.74 bits per heavy atom. The lowest BCUT2D eigenvalue weighted by Crippen LogP contribution is -2.44. The molecule has 1 fully saturated rings. The largest absolute Gasteiger partial charge is 0.486 e. The molecule has 2 N–H and O–H groups in total. The van der Waals surface area contributed by atoms with E-state index >= 15 is 0 Å². The number of ketones is 1. The molecule has 5 heteroatoms. The van der Waals surface area contributed by atoms with Crippen molar-refractivity contribution in [1.82, 2.24) is 0 Å². The zero-order valence-corrected chi connectivity index (χ0v) is 10.8. The predicted molar refractivity (Wildman–Crippen MR) is 68.7 cm³/mol. The van der Waals surface area contributed by atoms with Crippen LogP contribution in [0.25, 0.3) is 0 Å². The number of nitrogens with two attached hydrogens (primary N) is 1. The Hall–Kier alpha value is -1.59. The van der Waals surface area contributed by atoms with Crippen molar-refractivity contribution in [1.29, 1.82) is 0 Å². The van der Waals surface area contributed by atoms with Crippen molar-refractivity contribution in [3.8, 4) is 11.5 Å². The van der Waals surface area contributed by atoms with Crippen LogP contribution in [0.15, 0.2) is 18.2 Å². The Morgan fingerprint density at radius 2 is 2.05 bits per heavy atom. The molecular weight excluding hydrogens is 246 g/mol. The van der Waals surface area contributed by atoms with Crippen LogP contribution in [0.4, 0.5) is 0 Å². The molecule has 0 spiro atoms. The lowest BCUT2D eigenvalue weighted by Gasteiger charge is -2.26. The third-order valence-electron chi connectivity index (χ3n) is 3.84. The first kappa shape index (κ1) is 12.4. The molecule has 1 aromatic carbocycles. The molecule has 1 saturated heterocycles. The molecule has 0 aliphatic carbocycles. The molecule has 0 bridgehead atoms. The van der Waals surface area contributed by atoms with E-state index in [1.54, 1.807) is 18.2 Å². The number of hydrogen-bond acceptors (Lipinski definition) is 5. The number of Topliss-reactive ketones (excluding diaryl/α,β-unsaturated/α-hetero) is 1. The second-order valence-corrected chi connectivity index (χ2v) is 5.23. The van der Waals surface area contributed by atoms with Crippen LogP contribution in [0.5, 0.6) is 11.5 Å². The zero-order chi connectivity index (χ0) is 13.5. The van der Waals surface area contributed by atoms with Crippen molar-refractivity contribution in [2.45, 2.75) is 13.0 Å². The third-order valence-corrected chi connectivity index (χ3v) is 3.84. The number of carbonyl (C=O) groups is 1. The van der Waals surface area contributed by atoms with Gasteiger partial charge < -0.3 is 19.9 Å². The molecule has 2 heterocycles. The van der Waals surface area contributed by atoms with Crippen LogP contribution in [-0.2, 0) is 4.74 Å². The van der Waals surface area contributed by atoms with E-state index in [1.165, 1.54) is 0 Å². The summed E-state index contributed by atoms with van der Waals surface area (Å²) in [5.41, 5.74) is 5.92. The summed E-state index contributed by atoms with van der Waals surface area (Å²) < 4.78 is 16.3. The van der Waals surface area contributed by atoms with Crippen molar-refractivity contribution in [2.75, 3.05) is 26.4 Å². The number of benzene rings is 1. The lowest BCUT2D eigenvalue weighted by atomic mass is 9.78. The highest BCUT2D eigenvalue weighted by atomic mass is 16.6. The van der Waals surface area contributed by atoms with Gasteiger partial charge in [-0.3, -0.25) is 4.79 Å². The summed E-state index contributed by atoms with van der Waals surface area (Å²) in [5.74, 6) is 1.29. The second kappa shape index (κ2) is 4.51. The van der Waals surface area contributed by atoms with Crippen molar-refractivity contribution >= 4 is 5.78 Å². The average Bonchev–Trinajstić information content (AvgIpc) is 2.78. The van der Waals surface area contributed by atoms with Crippen LogP contribution in [0.1, 0.15) is 17.3 Å².